The van der Waals surface area contributed by atoms with Gasteiger partial charge in [0.25, 0.3) is 0 Å². The fraction of sp³-hybridized carbons (Fsp3) is 0.750. The Labute approximate surface area is 112 Å². The molecule has 1 heterocycles. The lowest BCUT2D eigenvalue weighted by Crippen LogP contribution is -2.46. The average Bonchev–Trinajstić information content (AvgIpc) is 2.66. The number of carbonyl (C=O) groups is 3. The van der Waals surface area contributed by atoms with E-state index in [1.165, 1.54) is 0 Å². The normalized spacial score (nSPS) is 19.5. The number of carbonyl (C=O) groups excluding carboxylic acids is 3. The molecule has 0 radical (unpaired) electrons. The molecule has 108 valence electrons. The summed E-state index contributed by atoms with van der Waals surface area (Å²) in [4.78, 5) is 36.1. The molecule has 1 aliphatic heterocycles. The zero-order chi connectivity index (χ0) is 14.6. The second kappa shape index (κ2) is 6.01. The summed E-state index contributed by atoms with van der Waals surface area (Å²) in [6, 6.07) is -0.200. The molecule has 0 aromatic rings. The van der Waals surface area contributed by atoms with Crippen molar-refractivity contribution in [1.29, 1.82) is 0 Å². The largest absolute Gasteiger partial charge is 0.350 e. The monoisotopic (exact) mass is 270 g/mol. The van der Waals surface area contributed by atoms with E-state index in [0.717, 1.165) is 0 Å². The van der Waals surface area contributed by atoms with Gasteiger partial charge in [-0.25, -0.2) is 0 Å². The van der Waals surface area contributed by atoms with Crippen LogP contribution in [0.15, 0.2) is 0 Å². The van der Waals surface area contributed by atoms with Crippen LogP contribution in [0.4, 0.5) is 0 Å². The maximum absolute atomic E-state index is 11.8. The van der Waals surface area contributed by atoms with E-state index >= 15 is 0 Å². The maximum Gasteiger partial charge on any atom is 0.239 e. The molecule has 0 aromatic heterocycles. The van der Waals surface area contributed by atoms with Crippen LogP contribution in [0.5, 0.6) is 0 Å². The summed E-state index contributed by atoms with van der Waals surface area (Å²) in [5, 5.41) is 5.12. The highest BCUT2D eigenvalue weighted by molar-refractivity contribution is 5.86. The van der Waals surface area contributed by atoms with E-state index in [1.54, 1.807) is 4.90 Å². The summed E-state index contributed by atoms with van der Waals surface area (Å²) >= 11 is 0. The van der Waals surface area contributed by atoms with Gasteiger partial charge in [-0.2, -0.15) is 0 Å². The molecule has 0 aromatic carbocycles. The highest BCUT2D eigenvalue weighted by Crippen LogP contribution is 2.21. The quantitative estimate of drug-likeness (QED) is 0.583. The number of amides is 3. The van der Waals surface area contributed by atoms with Crippen LogP contribution in [0.2, 0.25) is 0 Å². The molecule has 4 N–H and O–H groups in total. The number of likely N-dealkylation sites (tertiary alicyclic amines) is 1. The van der Waals surface area contributed by atoms with Crippen molar-refractivity contribution < 1.29 is 14.4 Å². The average molecular weight is 270 g/mol. The minimum Gasteiger partial charge on any atom is -0.350 e. The van der Waals surface area contributed by atoms with Gasteiger partial charge in [0.1, 0.15) is 0 Å². The molecule has 0 spiro atoms. The lowest BCUT2D eigenvalue weighted by molar-refractivity contribution is -0.131. The summed E-state index contributed by atoms with van der Waals surface area (Å²) < 4.78 is 0. The van der Waals surface area contributed by atoms with Gasteiger partial charge in [-0.05, 0) is 20.8 Å². The predicted octanol–water partition coefficient (Wildman–Crippen LogP) is -1.42. The first-order chi connectivity index (χ1) is 8.74. The molecule has 3 amide bonds. The third-order valence-electron chi connectivity index (χ3n) is 2.93. The van der Waals surface area contributed by atoms with Crippen LogP contribution in [0.25, 0.3) is 0 Å². The van der Waals surface area contributed by atoms with E-state index < -0.39 is 0 Å². The number of hydrogen-bond donors (Lipinski definition) is 3. The number of rotatable bonds is 4. The van der Waals surface area contributed by atoms with E-state index in [9.17, 15) is 14.4 Å². The number of nitrogens with zero attached hydrogens (tertiary/aromatic N) is 1. The second-order valence-corrected chi connectivity index (χ2v) is 5.62. The summed E-state index contributed by atoms with van der Waals surface area (Å²) in [6.45, 7) is 6.10. The Morgan fingerprint density at radius 3 is 2.47 bits per heavy atom. The van der Waals surface area contributed by atoms with Crippen molar-refractivity contribution in [3.05, 3.63) is 0 Å². The van der Waals surface area contributed by atoms with E-state index in [4.69, 9.17) is 5.73 Å². The van der Waals surface area contributed by atoms with Crippen LogP contribution in [0.1, 0.15) is 27.2 Å². The van der Waals surface area contributed by atoms with Crippen molar-refractivity contribution in [2.24, 2.45) is 5.73 Å². The third kappa shape index (κ3) is 4.51. The van der Waals surface area contributed by atoms with Crippen LogP contribution < -0.4 is 16.4 Å². The van der Waals surface area contributed by atoms with E-state index in [0.29, 0.717) is 13.0 Å². The van der Waals surface area contributed by atoms with Crippen molar-refractivity contribution in [2.75, 3.05) is 19.6 Å². The molecule has 1 unspecified atom stereocenters. The van der Waals surface area contributed by atoms with Crippen LogP contribution in [0.3, 0.4) is 0 Å². The van der Waals surface area contributed by atoms with E-state index in [2.05, 4.69) is 10.6 Å². The molecular weight excluding hydrogens is 248 g/mol. The fourth-order valence-corrected chi connectivity index (χ4v) is 1.98. The molecule has 1 saturated heterocycles. The van der Waals surface area contributed by atoms with E-state index in [-0.39, 0.29) is 42.4 Å². The van der Waals surface area contributed by atoms with Gasteiger partial charge in [0.15, 0.2) is 0 Å². The minimum absolute atomic E-state index is 0.0313. The van der Waals surface area contributed by atoms with Gasteiger partial charge in [-0.1, -0.05) is 0 Å². The Morgan fingerprint density at radius 1 is 1.37 bits per heavy atom. The fourth-order valence-electron chi connectivity index (χ4n) is 1.98. The molecule has 7 nitrogen and oxygen atoms in total. The molecule has 0 saturated carbocycles. The Morgan fingerprint density at radius 2 is 2.00 bits per heavy atom. The van der Waals surface area contributed by atoms with Crippen LogP contribution in [-0.2, 0) is 14.4 Å². The lowest BCUT2D eigenvalue weighted by Gasteiger charge is -2.32. The van der Waals surface area contributed by atoms with Gasteiger partial charge in [-0.3, -0.25) is 14.4 Å². The summed E-state index contributed by atoms with van der Waals surface area (Å²) in [5.74, 6) is -0.659. The summed E-state index contributed by atoms with van der Waals surface area (Å²) in [6.07, 6.45) is 0.299. The number of nitrogens with two attached hydrogens (primary N) is 1. The third-order valence-corrected chi connectivity index (χ3v) is 2.93. The van der Waals surface area contributed by atoms with Gasteiger partial charge in [0.05, 0.1) is 19.1 Å². The van der Waals surface area contributed by atoms with Crippen LogP contribution in [0, 0.1) is 0 Å². The van der Waals surface area contributed by atoms with Gasteiger partial charge in [-0.15, -0.1) is 0 Å². The molecule has 0 aliphatic carbocycles. The van der Waals surface area contributed by atoms with Gasteiger partial charge < -0.3 is 21.3 Å². The zero-order valence-electron chi connectivity index (χ0n) is 11.7. The Balaban J connectivity index is 2.41. The van der Waals surface area contributed by atoms with Crippen molar-refractivity contribution in [3.8, 4) is 0 Å². The number of hydrogen-bond acceptors (Lipinski definition) is 4. The van der Waals surface area contributed by atoms with Gasteiger partial charge in [0, 0.05) is 18.5 Å². The highest BCUT2D eigenvalue weighted by atomic mass is 16.2. The molecule has 0 bridgehead atoms. The van der Waals surface area contributed by atoms with Crippen molar-refractivity contribution in [2.45, 2.75) is 38.8 Å². The lowest BCUT2D eigenvalue weighted by atomic mass is 10.1. The first kappa shape index (κ1) is 15.4. The van der Waals surface area contributed by atoms with Gasteiger partial charge in [0.2, 0.25) is 17.7 Å². The van der Waals surface area contributed by atoms with Crippen molar-refractivity contribution >= 4 is 17.7 Å². The Hall–Kier alpha value is -1.63. The van der Waals surface area contributed by atoms with Gasteiger partial charge >= 0.3 is 0 Å². The Kier molecular flexibility index (Phi) is 4.88. The van der Waals surface area contributed by atoms with E-state index in [1.807, 2.05) is 20.8 Å². The smallest absolute Gasteiger partial charge is 0.239 e. The molecule has 1 atom stereocenters. The Bertz CT molecular complexity index is 376. The first-order valence-electron chi connectivity index (χ1n) is 6.30. The molecular formula is C12H22N4O3. The molecule has 1 fully saturated rings. The topological polar surface area (TPSA) is 105 Å². The first-order valence-corrected chi connectivity index (χ1v) is 6.30. The SMILES string of the molecule is CC(C)(C)N1CC(NC(=O)CNC(=O)CN)CC1=O. The highest BCUT2D eigenvalue weighted by Gasteiger charge is 2.36. The van der Waals surface area contributed by atoms with Crippen LogP contribution >= 0.6 is 0 Å². The standard InChI is InChI=1S/C12H22N4O3/c1-12(2,3)16-7-8(4-11(16)19)15-10(18)6-14-9(17)5-13/h8H,4-7,13H2,1-3H3,(H,14,17)(H,15,18). The molecule has 1 rings (SSSR count). The van der Waals surface area contributed by atoms with Crippen molar-refractivity contribution in [3.63, 3.8) is 0 Å². The van der Waals surface area contributed by atoms with Crippen LogP contribution in [-0.4, -0.2) is 53.8 Å². The molecule has 19 heavy (non-hydrogen) atoms. The summed E-state index contributed by atoms with van der Waals surface area (Å²) in [5.41, 5.74) is 4.87. The minimum atomic E-state index is -0.381. The zero-order valence-corrected chi connectivity index (χ0v) is 11.7. The second-order valence-electron chi connectivity index (χ2n) is 5.62. The molecule has 1 aliphatic rings. The van der Waals surface area contributed by atoms with Crippen molar-refractivity contribution in [1.82, 2.24) is 15.5 Å². The summed E-state index contributed by atoms with van der Waals surface area (Å²) in [7, 11) is 0. The number of nitrogens with one attached hydrogen (secondary N) is 2. The maximum atomic E-state index is 11.8. The molecule has 7 heteroatoms. The predicted molar refractivity (Wildman–Crippen MR) is 70.1 cm³/mol.